The van der Waals surface area contributed by atoms with Gasteiger partial charge in [-0.25, -0.2) is 0 Å². The largest absolute Gasteiger partial charge is 0.495 e. The minimum Gasteiger partial charge on any atom is -0.495 e. The van der Waals surface area contributed by atoms with Gasteiger partial charge in [-0.15, -0.1) is 0 Å². The van der Waals surface area contributed by atoms with Crippen LogP contribution < -0.4 is 4.74 Å². The summed E-state index contributed by atoms with van der Waals surface area (Å²) in [5.41, 5.74) is 0.741. The molecule has 1 aliphatic heterocycles. The fourth-order valence-corrected chi connectivity index (χ4v) is 3.59. The second-order valence-electron chi connectivity index (χ2n) is 6.10. The van der Waals surface area contributed by atoms with E-state index in [1.165, 1.54) is 12.0 Å². The Morgan fingerprint density at radius 2 is 2.05 bits per heavy atom. The fourth-order valence-electron chi connectivity index (χ4n) is 3.59. The first kappa shape index (κ1) is 14.6. The lowest BCUT2D eigenvalue weighted by Crippen LogP contribution is -2.33. The Bertz CT molecular complexity index is 669. The van der Waals surface area contributed by atoms with E-state index in [-0.39, 0.29) is 18.4 Å². The van der Waals surface area contributed by atoms with Gasteiger partial charge in [-0.1, -0.05) is 18.9 Å². The van der Waals surface area contributed by atoms with Crippen LogP contribution >= 0.6 is 0 Å². The van der Waals surface area contributed by atoms with Crippen LogP contribution in [-0.2, 0) is 16.1 Å². The van der Waals surface area contributed by atoms with Gasteiger partial charge in [0.05, 0.1) is 24.6 Å². The number of nitriles is 1. The third-order valence-corrected chi connectivity index (χ3v) is 4.78. The van der Waals surface area contributed by atoms with Crippen molar-refractivity contribution in [2.45, 2.75) is 38.6 Å². The maximum Gasteiger partial charge on any atom is 0.236 e. The predicted molar refractivity (Wildman–Crippen MR) is 78.8 cm³/mol. The van der Waals surface area contributed by atoms with Gasteiger partial charge in [0.2, 0.25) is 11.8 Å². The first-order valence-corrected chi connectivity index (χ1v) is 7.51. The van der Waals surface area contributed by atoms with Gasteiger partial charge in [-0.3, -0.25) is 14.5 Å². The summed E-state index contributed by atoms with van der Waals surface area (Å²) in [7, 11) is 1.51. The average Bonchev–Trinajstić information content (AvgIpc) is 3.08. The summed E-state index contributed by atoms with van der Waals surface area (Å²) >= 11 is 0. The van der Waals surface area contributed by atoms with Crippen molar-refractivity contribution in [3.63, 3.8) is 0 Å². The summed E-state index contributed by atoms with van der Waals surface area (Å²) in [5.74, 6) is 0.364. The van der Waals surface area contributed by atoms with E-state index in [0.29, 0.717) is 17.7 Å². The van der Waals surface area contributed by atoms with Gasteiger partial charge in [0.15, 0.2) is 0 Å². The molecule has 2 fully saturated rings. The van der Waals surface area contributed by atoms with Crippen LogP contribution in [0.2, 0.25) is 0 Å². The fraction of sp³-hybridized carbons (Fsp3) is 0.471. The van der Waals surface area contributed by atoms with E-state index in [1.54, 1.807) is 18.2 Å². The van der Waals surface area contributed by atoms with Gasteiger partial charge in [0.25, 0.3) is 0 Å². The molecule has 1 spiro atoms. The van der Waals surface area contributed by atoms with E-state index in [9.17, 15) is 9.59 Å². The number of likely N-dealkylation sites (tertiary alicyclic amines) is 1. The minimum absolute atomic E-state index is 0.0377. The molecule has 0 bridgehead atoms. The lowest BCUT2D eigenvalue weighted by Gasteiger charge is -2.21. The second-order valence-corrected chi connectivity index (χ2v) is 6.10. The van der Waals surface area contributed by atoms with Crippen LogP contribution in [0.5, 0.6) is 5.75 Å². The number of methoxy groups -OCH3 is 1. The van der Waals surface area contributed by atoms with Gasteiger partial charge in [0, 0.05) is 6.42 Å². The molecular weight excluding hydrogens is 280 g/mol. The molecule has 22 heavy (non-hydrogen) atoms. The zero-order chi connectivity index (χ0) is 15.7. The highest BCUT2D eigenvalue weighted by Gasteiger charge is 2.52. The molecule has 1 aromatic carbocycles. The van der Waals surface area contributed by atoms with Gasteiger partial charge in [-0.2, -0.15) is 5.26 Å². The van der Waals surface area contributed by atoms with Crippen LogP contribution in [0.3, 0.4) is 0 Å². The highest BCUT2D eigenvalue weighted by atomic mass is 16.5. The molecule has 0 aromatic heterocycles. The average molecular weight is 298 g/mol. The number of amides is 2. The Morgan fingerprint density at radius 1 is 1.32 bits per heavy atom. The van der Waals surface area contributed by atoms with Crippen molar-refractivity contribution < 1.29 is 14.3 Å². The van der Waals surface area contributed by atoms with Crippen LogP contribution in [0, 0.1) is 16.7 Å². The van der Waals surface area contributed by atoms with Crippen LogP contribution in [-0.4, -0.2) is 23.8 Å². The lowest BCUT2D eigenvalue weighted by atomic mass is 9.84. The normalized spacial score (nSPS) is 19.7. The van der Waals surface area contributed by atoms with Crippen molar-refractivity contribution in [2.24, 2.45) is 5.41 Å². The zero-order valence-corrected chi connectivity index (χ0v) is 12.6. The maximum atomic E-state index is 12.6. The summed E-state index contributed by atoms with van der Waals surface area (Å²) in [5, 5.41) is 9.13. The molecule has 1 saturated heterocycles. The first-order chi connectivity index (χ1) is 10.6. The third-order valence-electron chi connectivity index (χ3n) is 4.78. The molecule has 0 unspecified atom stereocenters. The van der Waals surface area contributed by atoms with Crippen molar-refractivity contribution in [2.75, 3.05) is 7.11 Å². The Kier molecular flexibility index (Phi) is 3.61. The topological polar surface area (TPSA) is 70.4 Å². The molecular formula is C17H18N2O3. The monoisotopic (exact) mass is 298 g/mol. The molecule has 0 radical (unpaired) electrons. The Hall–Kier alpha value is -2.35. The Labute approximate surface area is 129 Å². The van der Waals surface area contributed by atoms with E-state index in [0.717, 1.165) is 31.2 Å². The summed E-state index contributed by atoms with van der Waals surface area (Å²) in [6.07, 6.45) is 4.02. The summed E-state index contributed by atoms with van der Waals surface area (Å²) in [6.45, 7) is 0.234. The summed E-state index contributed by atoms with van der Waals surface area (Å²) in [6, 6.07) is 7.24. The van der Waals surface area contributed by atoms with Crippen molar-refractivity contribution in [1.82, 2.24) is 4.90 Å². The van der Waals surface area contributed by atoms with Crippen molar-refractivity contribution >= 4 is 11.8 Å². The first-order valence-electron chi connectivity index (χ1n) is 7.51. The number of carbonyl (C=O) groups is 2. The molecule has 5 heteroatoms. The van der Waals surface area contributed by atoms with Gasteiger partial charge in [-0.05, 0) is 30.5 Å². The maximum absolute atomic E-state index is 12.6. The van der Waals surface area contributed by atoms with E-state index >= 15 is 0 Å². The Morgan fingerprint density at radius 3 is 2.68 bits per heavy atom. The molecule has 1 aromatic rings. The third kappa shape index (κ3) is 2.25. The quantitative estimate of drug-likeness (QED) is 0.803. The molecule has 0 atom stereocenters. The van der Waals surface area contributed by atoms with Gasteiger partial charge >= 0.3 is 0 Å². The molecule has 2 amide bonds. The molecule has 3 rings (SSSR count). The SMILES string of the molecule is COc1ccc(CN2C(=O)CC3(CCCC3)C2=O)cc1C#N. The standard InChI is InChI=1S/C17H18N2O3/c1-22-14-5-4-12(8-13(14)10-18)11-19-15(20)9-17(16(19)21)6-2-3-7-17/h4-5,8H,2-3,6-7,9,11H2,1H3. The Balaban J connectivity index is 1.83. The molecule has 1 heterocycles. The van der Waals surface area contributed by atoms with E-state index in [4.69, 9.17) is 10.00 Å². The van der Waals surface area contributed by atoms with Crippen molar-refractivity contribution in [1.29, 1.82) is 5.26 Å². The van der Waals surface area contributed by atoms with E-state index < -0.39 is 5.41 Å². The van der Waals surface area contributed by atoms with Crippen LogP contribution in [0.4, 0.5) is 0 Å². The molecule has 114 valence electrons. The number of carbonyl (C=O) groups excluding carboxylic acids is 2. The number of hydrogen-bond acceptors (Lipinski definition) is 4. The highest BCUT2D eigenvalue weighted by Crippen LogP contribution is 2.47. The van der Waals surface area contributed by atoms with Crippen molar-refractivity contribution in [3.8, 4) is 11.8 Å². The lowest BCUT2D eigenvalue weighted by molar-refractivity contribution is -0.142. The molecule has 1 aliphatic carbocycles. The number of hydrogen-bond donors (Lipinski definition) is 0. The number of nitrogens with zero attached hydrogens (tertiary/aromatic N) is 2. The molecule has 2 aliphatic rings. The predicted octanol–water partition coefficient (Wildman–Crippen LogP) is 2.39. The smallest absolute Gasteiger partial charge is 0.236 e. The second kappa shape index (κ2) is 5.45. The minimum atomic E-state index is -0.443. The zero-order valence-electron chi connectivity index (χ0n) is 12.6. The number of rotatable bonds is 3. The molecule has 1 saturated carbocycles. The summed E-state index contributed by atoms with van der Waals surface area (Å²) in [4.78, 5) is 26.2. The van der Waals surface area contributed by atoms with E-state index in [2.05, 4.69) is 6.07 Å². The molecule has 5 nitrogen and oxygen atoms in total. The van der Waals surface area contributed by atoms with Crippen LogP contribution in [0.1, 0.15) is 43.2 Å². The van der Waals surface area contributed by atoms with Crippen molar-refractivity contribution in [3.05, 3.63) is 29.3 Å². The van der Waals surface area contributed by atoms with Crippen LogP contribution in [0.25, 0.3) is 0 Å². The number of imide groups is 1. The van der Waals surface area contributed by atoms with Crippen LogP contribution in [0.15, 0.2) is 18.2 Å². The number of benzene rings is 1. The number of ether oxygens (including phenoxy) is 1. The molecule has 0 N–H and O–H groups in total. The highest BCUT2D eigenvalue weighted by molar-refractivity contribution is 6.06. The van der Waals surface area contributed by atoms with Gasteiger partial charge in [0.1, 0.15) is 11.8 Å². The summed E-state index contributed by atoms with van der Waals surface area (Å²) < 4.78 is 5.11. The van der Waals surface area contributed by atoms with E-state index in [1.807, 2.05) is 0 Å². The van der Waals surface area contributed by atoms with Gasteiger partial charge < -0.3 is 4.74 Å².